The predicted octanol–water partition coefficient (Wildman–Crippen LogP) is 1.35. The van der Waals surface area contributed by atoms with Crippen LogP contribution >= 0.6 is 0 Å². The van der Waals surface area contributed by atoms with Gasteiger partial charge in [0.05, 0.1) is 13.0 Å². The van der Waals surface area contributed by atoms with Crippen molar-refractivity contribution in [3.63, 3.8) is 0 Å². The average Bonchev–Trinajstić information content (AvgIpc) is 2.74. The lowest BCUT2D eigenvalue weighted by atomic mass is 10.1. The molecule has 0 unspecified atom stereocenters. The van der Waals surface area contributed by atoms with Gasteiger partial charge in [0.1, 0.15) is 12.6 Å². The highest BCUT2D eigenvalue weighted by Gasteiger charge is 2.22. The summed E-state index contributed by atoms with van der Waals surface area (Å²) in [6, 6.07) is 17.6. The Kier molecular flexibility index (Phi) is 9.38. The molecule has 154 valence electrons. The van der Waals surface area contributed by atoms with E-state index >= 15 is 0 Å². The standard InChI is InChI=1S/C22H26N2O5/c25-14-13-23-22(28)19(24-20(26)15-17-7-3-1-4-8-17)11-12-21(27)29-16-18-9-5-2-6-10-18/h1-10,19,25H,11-16H2,(H,23,28)(H,24,26)/t19-/m0/s1. The van der Waals surface area contributed by atoms with E-state index in [0.29, 0.717) is 0 Å². The summed E-state index contributed by atoms with van der Waals surface area (Å²) in [5.74, 6) is -1.22. The summed E-state index contributed by atoms with van der Waals surface area (Å²) in [5, 5.41) is 14.1. The van der Waals surface area contributed by atoms with Crippen molar-refractivity contribution >= 4 is 17.8 Å². The van der Waals surface area contributed by atoms with Crippen molar-refractivity contribution in [2.45, 2.75) is 31.9 Å². The molecule has 2 aromatic carbocycles. The third kappa shape index (κ3) is 8.57. The number of rotatable bonds is 11. The molecular formula is C22H26N2O5. The average molecular weight is 398 g/mol. The molecule has 7 heteroatoms. The maximum Gasteiger partial charge on any atom is 0.306 e. The first-order valence-corrected chi connectivity index (χ1v) is 9.50. The van der Waals surface area contributed by atoms with E-state index in [0.717, 1.165) is 11.1 Å². The van der Waals surface area contributed by atoms with E-state index in [1.807, 2.05) is 60.7 Å². The summed E-state index contributed by atoms with van der Waals surface area (Å²) >= 11 is 0. The van der Waals surface area contributed by atoms with Crippen LogP contribution in [0.3, 0.4) is 0 Å². The highest BCUT2D eigenvalue weighted by molar-refractivity contribution is 5.88. The summed E-state index contributed by atoms with van der Waals surface area (Å²) in [5.41, 5.74) is 1.69. The molecule has 2 aromatic rings. The Labute approximate surface area is 170 Å². The number of esters is 1. The largest absolute Gasteiger partial charge is 0.461 e. The molecule has 0 saturated carbocycles. The number of amides is 2. The van der Waals surface area contributed by atoms with Crippen molar-refractivity contribution < 1.29 is 24.2 Å². The molecule has 0 aliphatic carbocycles. The molecule has 0 radical (unpaired) electrons. The molecule has 3 N–H and O–H groups in total. The zero-order chi connectivity index (χ0) is 20.9. The lowest BCUT2D eigenvalue weighted by Gasteiger charge is -2.18. The molecule has 0 aliphatic heterocycles. The summed E-state index contributed by atoms with van der Waals surface area (Å²) in [7, 11) is 0. The highest BCUT2D eigenvalue weighted by Crippen LogP contribution is 2.06. The fourth-order valence-corrected chi connectivity index (χ4v) is 2.67. The van der Waals surface area contributed by atoms with Crippen LogP contribution in [0, 0.1) is 0 Å². The summed E-state index contributed by atoms with van der Waals surface area (Å²) in [6.07, 6.45) is 0.212. The number of hydrogen-bond donors (Lipinski definition) is 3. The van der Waals surface area contributed by atoms with Crippen LogP contribution in [-0.2, 0) is 32.1 Å². The lowest BCUT2D eigenvalue weighted by molar-refractivity contribution is -0.145. The Morgan fingerprint density at radius 1 is 0.931 bits per heavy atom. The van der Waals surface area contributed by atoms with Gasteiger partial charge in [-0.05, 0) is 17.5 Å². The fourth-order valence-electron chi connectivity index (χ4n) is 2.67. The zero-order valence-corrected chi connectivity index (χ0v) is 16.2. The molecule has 0 fully saturated rings. The van der Waals surface area contributed by atoms with Gasteiger partial charge in [-0.2, -0.15) is 0 Å². The third-order valence-corrected chi connectivity index (χ3v) is 4.15. The minimum absolute atomic E-state index is 0.0182. The Hall–Kier alpha value is -3.19. The zero-order valence-electron chi connectivity index (χ0n) is 16.2. The van der Waals surface area contributed by atoms with Crippen LogP contribution in [0.15, 0.2) is 60.7 Å². The first-order valence-electron chi connectivity index (χ1n) is 9.50. The van der Waals surface area contributed by atoms with Gasteiger partial charge in [0, 0.05) is 13.0 Å². The Balaban J connectivity index is 1.86. The normalized spacial score (nSPS) is 11.3. The van der Waals surface area contributed by atoms with Gasteiger partial charge >= 0.3 is 5.97 Å². The van der Waals surface area contributed by atoms with Gasteiger partial charge in [-0.3, -0.25) is 14.4 Å². The molecule has 29 heavy (non-hydrogen) atoms. The number of carbonyl (C=O) groups excluding carboxylic acids is 3. The maximum absolute atomic E-state index is 12.3. The van der Waals surface area contributed by atoms with Gasteiger partial charge in [0.2, 0.25) is 11.8 Å². The fraction of sp³-hybridized carbons (Fsp3) is 0.318. The second-order valence-electron chi connectivity index (χ2n) is 6.48. The van der Waals surface area contributed by atoms with Crippen molar-refractivity contribution in [3.8, 4) is 0 Å². The molecular weight excluding hydrogens is 372 g/mol. The van der Waals surface area contributed by atoms with Crippen LogP contribution in [0.25, 0.3) is 0 Å². The van der Waals surface area contributed by atoms with Crippen LogP contribution in [0.5, 0.6) is 0 Å². The molecule has 0 aliphatic rings. The van der Waals surface area contributed by atoms with Gasteiger partial charge in [-0.1, -0.05) is 60.7 Å². The molecule has 7 nitrogen and oxygen atoms in total. The Bertz CT molecular complexity index is 780. The second kappa shape index (κ2) is 12.3. The number of aliphatic hydroxyl groups is 1. The number of aliphatic hydroxyl groups excluding tert-OH is 1. The number of hydrogen-bond acceptors (Lipinski definition) is 5. The first-order chi connectivity index (χ1) is 14.1. The van der Waals surface area contributed by atoms with Crippen molar-refractivity contribution in [2.24, 2.45) is 0 Å². The van der Waals surface area contributed by atoms with Crippen molar-refractivity contribution in [1.29, 1.82) is 0 Å². The number of carbonyl (C=O) groups is 3. The van der Waals surface area contributed by atoms with E-state index in [4.69, 9.17) is 9.84 Å². The van der Waals surface area contributed by atoms with E-state index in [2.05, 4.69) is 10.6 Å². The maximum atomic E-state index is 12.3. The molecule has 0 heterocycles. The third-order valence-electron chi connectivity index (χ3n) is 4.15. The summed E-state index contributed by atoms with van der Waals surface area (Å²) in [4.78, 5) is 36.6. The number of nitrogens with one attached hydrogen (secondary N) is 2. The monoisotopic (exact) mass is 398 g/mol. The Morgan fingerprint density at radius 3 is 2.17 bits per heavy atom. The number of benzene rings is 2. The van der Waals surface area contributed by atoms with Gasteiger partial charge in [-0.25, -0.2) is 0 Å². The molecule has 0 spiro atoms. The van der Waals surface area contributed by atoms with E-state index in [1.54, 1.807) is 0 Å². The van der Waals surface area contributed by atoms with Crippen molar-refractivity contribution in [1.82, 2.24) is 10.6 Å². The second-order valence-corrected chi connectivity index (χ2v) is 6.48. The SMILES string of the molecule is O=C(Cc1ccccc1)N[C@@H](CCC(=O)OCc1ccccc1)C(=O)NCCO. The Morgan fingerprint density at radius 2 is 1.55 bits per heavy atom. The highest BCUT2D eigenvalue weighted by atomic mass is 16.5. The van der Waals surface area contributed by atoms with Crippen LogP contribution in [-0.4, -0.2) is 42.1 Å². The van der Waals surface area contributed by atoms with Crippen LogP contribution < -0.4 is 10.6 Å². The van der Waals surface area contributed by atoms with E-state index < -0.39 is 17.9 Å². The van der Waals surface area contributed by atoms with E-state index in [1.165, 1.54) is 0 Å². The quantitative estimate of drug-likeness (QED) is 0.496. The molecule has 2 rings (SSSR count). The lowest BCUT2D eigenvalue weighted by Crippen LogP contribution is -2.48. The predicted molar refractivity (Wildman–Crippen MR) is 108 cm³/mol. The van der Waals surface area contributed by atoms with Crippen molar-refractivity contribution in [2.75, 3.05) is 13.2 Å². The van der Waals surface area contributed by atoms with Crippen LogP contribution in [0.2, 0.25) is 0 Å². The molecule has 2 amide bonds. The van der Waals surface area contributed by atoms with E-state index in [-0.39, 0.29) is 44.9 Å². The van der Waals surface area contributed by atoms with Crippen LogP contribution in [0.1, 0.15) is 24.0 Å². The minimum Gasteiger partial charge on any atom is -0.461 e. The summed E-state index contributed by atoms with van der Waals surface area (Å²) < 4.78 is 5.22. The van der Waals surface area contributed by atoms with Gasteiger partial charge < -0.3 is 20.5 Å². The van der Waals surface area contributed by atoms with Gasteiger partial charge in [0.25, 0.3) is 0 Å². The van der Waals surface area contributed by atoms with Gasteiger partial charge in [0.15, 0.2) is 0 Å². The molecule has 1 atom stereocenters. The van der Waals surface area contributed by atoms with E-state index in [9.17, 15) is 14.4 Å². The molecule has 0 aromatic heterocycles. The molecule has 0 bridgehead atoms. The minimum atomic E-state index is -0.887. The first kappa shape index (κ1) is 22.1. The number of ether oxygens (including phenoxy) is 1. The summed E-state index contributed by atoms with van der Waals surface area (Å²) in [6.45, 7) is 0.0132. The van der Waals surface area contributed by atoms with Gasteiger partial charge in [-0.15, -0.1) is 0 Å². The molecule has 0 saturated heterocycles. The van der Waals surface area contributed by atoms with Crippen molar-refractivity contribution in [3.05, 3.63) is 71.8 Å². The smallest absolute Gasteiger partial charge is 0.306 e. The van der Waals surface area contributed by atoms with Crippen LogP contribution in [0.4, 0.5) is 0 Å². The topological polar surface area (TPSA) is 105 Å².